The van der Waals surface area contributed by atoms with Crippen molar-refractivity contribution in [2.24, 2.45) is 5.92 Å². The van der Waals surface area contributed by atoms with Crippen molar-refractivity contribution in [3.63, 3.8) is 0 Å². The molecule has 0 atom stereocenters. The molecule has 1 aliphatic heterocycles. The molecule has 0 bridgehead atoms. The molecule has 0 aromatic rings. The summed E-state index contributed by atoms with van der Waals surface area (Å²) < 4.78 is 0. The Hall–Kier alpha value is -0.0400. The third-order valence-electron chi connectivity index (χ3n) is 4.00. The molecule has 0 radical (unpaired) electrons. The standard InChI is InChI=1S/C12H23N/c1-11(2)5-10-13-9-4-8-12(13)6-3-7-12/h11H,3-10H2,1-2H3. The molecule has 2 rings (SSSR count). The third kappa shape index (κ3) is 1.76. The summed E-state index contributed by atoms with van der Waals surface area (Å²) in [6.07, 6.45) is 8.80. The average molecular weight is 181 g/mol. The molecule has 76 valence electrons. The Balaban J connectivity index is 1.84. The summed E-state index contributed by atoms with van der Waals surface area (Å²) in [5.41, 5.74) is 0.703. The van der Waals surface area contributed by atoms with Crippen LogP contribution in [0.1, 0.15) is 52.4 Å². The van der Waals surface area contributed by atoms with Crippen LogP contribution in [-0.4, -0.2) is 23.5 Å². The molecule has 0 aromatic carbocycles. The van der Waals surface area contributed by atoms with Gasteiger partial charge in [-0.15, -0.1) is 0 Å². The minimum Gasteiger partial charge on any atom is -0.298 e. The van der Waals surface area contributed by atoms with E-state index in [0.29, 0.717) is 5.54 Å². The minimum atomic E-state index is 0.703. The number of rotatable bonds is 3. The smallest absolute Gasteiger partial charge is 0.0210 e. The molecule has 13 heavy (non-hydrogen) atoms. The van der Waals surface area contributed by atoms with Crippen LogP contribution in [0.4, 0.5) is 0 Å². The molecule has 1 aliphatic carbocycles. The molecule has 1 saturated heterocycles. The summed E-state index contributed by atoms with van der Waals surface area (Å²) in [5, 5.41) is 0. The van der Waals surface area contributed by atoms with Crippen molar-refractivity contribution >= 4 is 0 Å². The van der Waals surface area contributed by atoms with Crippen LogP contribution >= 0.6 is 0 Å². The van der Waals surface area contributed by atoms with E-state index < -0.39 is 0 Å². The lowest BCUT2D eigenvalue weighted by atomic mass is 9.75. The van der Waals surface area contributed by atoms with Gasteiger partial charge in [0.2, 0.25) is 0 Å². The third-order valence-corrected chi connectivity index (χ3v) is 4.00. The number of hydrogen-bond acceptors (Lipinski definition) is 1. The van der Waals surface area contributed by atoms with Gasteiger partial charge in [0, 0.05) is 5.54 Å². The SMILES string of the molecule is CC(C)CCN1CCCC12CCC2. The molecule has 0 aromatic heterocycles. The van der Waals surface area contributed by atoms with Crippen LogP contribution in [0.25, 0.3) is 0 Å². The van der Waals surface area contributed by atoms with E-state index in [0.717, 1.165) is 5.92 Å². The van der Waals surface area contributed by atoms with E-state index in [1.807, 2.05) is 0 Å². The van der Waals surface area contributed by atoms with Gasteiger partial charge in [-0.25, -0.2) is 0 Å². The summed E-state index contributed by atoms with van der Waals surface area (Å²) >= 11 is 0. The predicted molar refractivity (Wildman–Crippen MR) is 56.8 cm³/mol. The Bertz CT molecular complexity index is 170. The summed E-state index contributed by atoms with van der Waals surface area (Å²) in [4.78, 5) is 2.79. The average Bonchev–Trinajstić information content (AvgIpc) is 2.42. The molecule has 1 nitrogen and oxygen atoms in total. The summed E-state index contributed by atoms with van der Waals surface area (Å²) in [5.74, 6) is 0.873. The fourth-order valence-corrected chi connectivity index (χ4v) is 2.91. The summed E-state index contributed by atoms with van der Waals surface area (Å²) in [6, 6.07) is 0. The van der Waals surface area contributed by atoms with E-state index in [-0.39, 0.29) is 0 Å². The molecule has 0 N–H and O–H groups in total. The van der Waals surface area contributed by atoms with Gasteiger partial charge in [-0.3, -0.25) is 4.90 Å². The molecular weight excluding hydrogens is 158 g/mol. The van der Waals surface area contributed by atoms with Gasteiger partial charge < -0.3 is 0 Å². The lowest BCUT2D eigenvalue weighted by molar-refractivity contribution is 0.0525. The molecular formula is C12H23N. The maximum Gasteiger partial charge on any atom is 0.0210 e. The highest BCUT2D eigenvalue weighted by Gasteiger charge is 2.44. The second-order valence-electron chi connectivity index (χ2n) is 5.35. The van der Waals surface area contributed by atoms with Crippen molar-refractivity contribution in [1.82, 2.24) is 4.90 Å². The lowest BCUT2D eigenvalue weighted by Crippen LogP contribution is -2.49. The van der Waals surface area contributed by atoms with Crippen LogP contribution in [0.2, 0.25) is 0 Å². The van der Waals surface area contributed by atoms with Crippen LogP contribution < -0.4 is 0 Å². The van der Waals surface area contributed by atoms with Crippen LogP contribution in [-0.2, 0) is 0 Å². The van der Waals surface area contributed by atoms with Crippen molar-refractivity contribution in [3.05, 3.63) is 0 Å². The van der Waals surface area contributed by atoms with Crippen molar-refractivity contribution in [2.75, 3.05) is 13.1 Å². The van der Waals surface area contributed by atoms with Gasteiger partial charge in [0.05, 0.1) is 0 Å². The lowest BCUT2D eigenvalue weighted by Gasteiger charge is -2.46. The fraction of sp³-hybridized carbons (Fsp3) is 1.00. The first-order valence-corrected chi connectivity index (χ1v) is 5.98. The van der Waals surface area contributed by atoms with Crippen molar-refractivity contribution in [2.45, 2.75) is 57.9 Å². The molecule has 0 amide bonds. The molecule has 1 heterocycles. The van der Waals surface area contributed by atoms with Gasteiger partial charge >= 0.3 is 0 Å². The van der Waals surface area contributed by atoms with Crippen LogP contribution in [0.3, 0.4) is 0 Å². The van der Waals surface area contributed by atoms with Gasteiger partial charge in [0.15, 0.2) is 0 Å². The predicted octanol–water partition coefficient (Wildman–Crippen LogP) is 3.05. The van der Waals surface area contributed by atoms with Crippen molar-refractivity contribution < 1.29 is 0 Å². The quantitative estimate of drug-likeness (QED) is 0.647. The normalized spacial score (nSPS) is 27.0. The number of hydrogen-bond donors (Lipinski definition) is 0. The zero-order valence-electron chi connectivity index (χ0n) is 9.18. The molecule has 1 spiro atoms. The van der Waals surface area contributed by atoms with Gasteiger partial charge in [0.25, 0.3) is 0 Å². The molecule has 1 heteroatoms. The Kier molecular flexibility index (Phi) is 2.64. The van der Waals surface area contributed by atoms with E-state index in [1.54, 1.807) is 0 Å². The van der Waals surface area contributed by atoms with E-state index in [4.69, 9.17) is 0 Å². The van der Waals surface area contributed by atoms with Crippen LogP contribution in [0.5, 0.6) is 0 Å². The maximum atomic E-state index is 2.79. The second-order valence-corrected chi connectivity index (χ2v) is 5.35. The maximum absolute atomic E-state index is 2.79. The zero-order valence-corrected chi connectivity index (χ0v) is 9.18. The first-order valence-electron chi connectivity index (χ1n) is 5.98. The highest BCUT2D eigenvalue weighted by Crippen LogP contribution is 2.45. The van der Waals surface area contributed by atoms with Crippen LogP contribution in [0.15, 0.2) is 0 Å². The van der Waals surface area contributed by atoms with Gasteiger partial charge in [-0.1, -0.05) is 13.8 Å². The highest BCUT2D eigenvalue weighted by atomic mass is 15.2. The summed E-state index contributed by atoms with van der Waals surface area (Å²) in [7, 11) is 0. The zero-order chi connectivity index (χ0) is 9.31. The minimum absolute atomic E-state index is 0.703. The Morgan fingerprint density at radius 1 is 1.15 bits per heavy atom. The van der Waals surface area contributed by atoms with Crippen molar-refractivity contribution in [3.8, 4) is 0 Å². The Morgan fingerprint density at radius 2 is 1.85 bits per heavy atom. The molecule has 1 saturated carbocycles. The largest absolute Gasteiger partial charge is 0.298 e. The number of likely N-dealkylation sites (tertiary alicyclic amines) is 1. The topological polar surface area (TPSA) is 3.24 Å². The molecule has 2 aliphatic rings. The Labute approximate surface area is 82.5 Å². The van der Waals surface area contributed by atoms with E-state index in [2.05, 4.69) is 18.7 Å². The highest BCUT2D eigenvalue weighted by molar-refractivity contribution is 5.01. The van der Waals surface area contributed by atoms with Crippen molar-refractivity contribution in [1.29, 1.82) is 0 Å². The second kappa shape index (κ2) is 3.61. The van der Waals surface area contributed by atoms with Gasteiger partial charge in [-0.05, 0) is 57.5 Å². The monoisotopic (exact) mass is 181 g/mol. The van der Waals surface area contributed by atoms with Gasteiger partial charge in [-0.2, -0.15) is 0 Å². The first kappa shape index (κ1) is 9.51. The molecule has 2 fully saturated rings. The first-order chi connectivity index (χ1) is 6.23. The number of nitrogens with zero attached hydrogens (tertiary/aromatic N) is 1. The van der Waals surface area contributed by atoms with Gasteiger partial charge in [0.1, 0.15) is 0 Å². The Morgan fingerprint density at radius 3 is 2.38 bits per heavy atom. The van der Waals surface area contributed by atoms with E-state index in [1.165, 1.54) is 51.6 Å². The van der Waals surface area contributed by atoms with E-state index >= 15 is 0 Å². The van der Waals surface area contributed by atoms with E-state index in [9.17, 15) is 0 Å². The molecule has 0 unspecified atom stereocenters. The summed E-state index contributed by atoms with van der Waals surface area (Å²) in [6.45, 7) is 7.41. The van der Waals surface area contributed by atoms with Crippen LogP contribution in [0, 0.1) is 5.92 Å². The fourth-order valence-electron chi connectivity index (χ4n) is 2.91.